The predicted octanol–water partition coefficient (Wildman–Crippen LogP) is 0.692. The molecule has 78 valence electrons. The van der Waals surface area contributed by atoms with Crippen LogP contribution in [0.15, 0.2) is 18.6 Å². The van der Waals surface area contributed by atoms with Crippen molar-refractivity contribution in [1.29, 1.82) is 0 Å². The number of nitrogens with two attached hydrogens (primary N) is 1. The lowest BCUT2D eigenvalue weighted by atomic mass is 10.5. The number of nitrogens with zero attached hydrogens (tertiary/aromatic N) is 4. The van der Waals surface area contributed by atoms with E-state index in [4.69, 9.17) is 5.84 Å². The number of rotatable bonds is 2. The highest BCUT2D eigenvalue weighted by molar-refractivity contribution is 14.1. The van der Waals surface area contributed by atoms with Crippen molar-refractivity contribution in [3.63, 3.8) is 0 Å². The van der Waals surface area contributed by atoms with Gasteiger partial charge in [-0.15, -0.1) is 0 Å². The van der Waals surface area contributed by atoms with Crippen molar-refractivity contribution in [3.05, 3.63) is 28.0 Å². The molecule has 8 heteroatoms. The zero-order valence-electron chi connectivity index (χ0n) is 7.35. The maximum atomic E-state index is 13.3. The summed E-state index contributed by atoms with van der Waals surface area (Å²) >= 11 is 2.07. The summed E-state index contributed by atoms with van der Waals surface area (Å²) in [5, 5.41) is 3.93. The van der Waals surface area contributed by atoms with Gasteiger partial charge in [-0.3, -0.25) is 5.43 Å². The van der Waals surface area contributed by atoms with E-state index in [1.54, 1.807) is 12.4 Å². The molecule has 0 saturated heterocycles. The molecule has 2 heterocycles. The van der Waals surface area contributed by atoms with E-state index >= 15 is 0 Å². The Morgan fingerprint density at radius 2 is 2.27 bits per heavy atom. The second-order valence-electron chi connectivity index (χ2n) is 2.61. The Balaban J connectivity index is 2.51. The van der Waals surface area contributed by atoms with E-state index < -0.39 is 5.82 Å². The minimum absolute atomic E-state index is 0.0564. The van der Waals surface area contributed by atoms with E-state index in [0.717, 1.165) is 9.77 Å². The zero-order chi connectivity index (χ0) is 10.8. The highest BCUT2D eigenvalue weighted by atomic mass is 127. The van der Waals surface area contributed by atoms with Gasteiger partial charge >= 0.3 is 0 Å². The number of nitrogens with one attached hydrogen (secondary N) is 1. The number of hydrogen-bond acceptors (Lipinski definition) is 5. The zero-order valence-corrected chi connectivity index (χ0v) is 9.51. The molecule has 0 atom stereocenters. The van der Waals surface area contributed by atoms with Gasteiger partial charge in [-0.2, -0.15) is 10.1 Å². The Bertz CT molecular complexity index is 484. The summed E-state index contributed by atoms with van der Waals surface area (Å²) in [5.74, 6) is 4.75. The van der Waals surface area contributed by atoms with Gasteiger partial charge in [0, 0.05) is 6.20 Å². The molecule has 6 nitrogen and oxygen atoms in total. The molecule has 2 rings (SSSR count). The topological polar surface area (TPSA) is 81.6 Å². The molecule has 15 heavy (non-hydrogen) atoms. The average molecular weight is 320 g/mol. The minimum Gasteiger partial charge on any atom is -0.292 e. The van der Waals surface area contributed by atoms with Crippen LogP contribution in [0.2, 0.25) is 0 Å². The fourth-order valence-electron chi connectivity index (χ4n) is 1.01. The van der Waals surface area contributed by atoms with Crippen molar-refractivity contribution in [1.82, 2.24) is 19.7 Å². The maximum Gasteiger partial charge on any atom is 0.239 e. The smallest absolute Gasteiger partial charge is 0.239 e. The Kier molecular flexibility index (Phi) is 2.77. The first-order valence-electron chi connectivity index (χ1n) is 3.90. The maximum absolute atomic E-state index is 13.3. The van der Waals surface area contributed by atoms with E-state index in [2.05, 4.69) is 43.1 Å². The van der Waals surface area contributed by atoms with Gasteiger partial charge in [-0.05, 0) is 22.6 Å². The molecule has 2 aromatic heterocycles. The summed E-state index contributed by atoms with van der Waals surface area (Å²) in [4.78, 5) is 7.47. The molecule has 3 N–H and O–H groups in total. The molecule has 0 aliphatic heterocycles. The molecular formula is C7H6FIN6. The lowest BCUT2D eigenvalue weighted by Gasteiger charge is -2.03. The quantitative estimate of drug-likeness (QED) is 0.483. The van der Waals surface area contributed by atoms with Gasteiger partial charge in [0.2, 0.25) is 5.95 Å². The molecule has 0 aliphatic carbocycles. The van der Waals surface area contributed by atoms with Crippen LogP contribution in [0.1, 0.15) is 0 Å². The highest BCUT2D eigenvalue weighted by Crippen LogP contribution is 2.12. The van der Waals surface area contributed by atoms with Gasteiger partial charge in [0.05, 0.1) is 16.0 Å². The van der Waals surface area contributed by atoms with Crippen LogP contribution in [0, 0.1) is 9.39 Å². The van der Waals surface area contributed by atoms with Crippen molar-refractivity contribution in [2.45, 2.75) is 0 Å². The van der Waals surface area contributed by atoms with E-state index in [-0.39, 0.29) is 11.8 Å². The number of hydrogen-bond donors (Lipinski definition) is 2. The summed E-state index contributed by atoms with van der Waals surface area (Å²) in [5.41, 5.74) is 2.24. The first kappa shape index (κ1) is 10.2. The van der Waals surface area contributed by atoms with Crippen LogP contribution in [0.5, 0.6) is 0 Å². The molecule has 0 amide bonds. The van der Waals surface area contributed by atoms with Crippen molar-refractivity contribution in [3.8, 4) is 5.82 Å². The number of hydrazine groups is 1. The summed E-state index contributed by atoms with van der Waals surface area (Å²) in [6.07, 6.45) is 4.27. The Morgan fingerprint density at radius 1 is 1.47 bits per heavy atom. The molecular weight excluding hydrogens is 314 g/mol. The molecule has 0 bridgehead atoms. The van der Waals surface area contributed by atoms with E-state index in [0.29, 0.717) is 0 Å². The van der Waals surface area contributed by atoms with Crippen molar-refractivity contribution < 1.29 is 4.39 Å². The Labute approximate surface area is 97.8 Å². The number of halogens is 2. The fraction of sp³-hybridized carbons (Fsp3) is 0. The monoisotopic (exact) mass is 320 g/mol. The van der Waals surface area contributed by atoms with Gasteiger partial charge < -0.3 is 0 Å². The highest BCUT2D eigenvalue weighted by Gasteiger charge is 2.09. The number of aromatic nitrogens is 4. The number of nitrogen functional groups attached to an aromatic ring is 1. The normalized spacial score (nSPS) is 10.3. The third-order valence-corrected chi connectivity index (χ3v) is 2.18. The third-order valence-electron chi connectivity index (χ3n) is 1.62. The van der Waals surface area contributed by atoms with Crippen LogP contribution in [0.25, 0.3) is 5.82 Å². The van der Waals surface area contributed by atoms with Gasteiger partial charge in [0.1, 0.15) is 0 Å². The molecule has 0 unspecified atom stereocenters. The first-order valence-corrected chi connectivity index (χ1v) is 4.98. The lowest BCUT2D eigenvalue weighted by molar-refractivity contribution is 0.593. The van der Waals surface area contributed by atoms with Gasteiger partial charge in [0.15, 0.2) is 11.6 Å². The molecule has 0 spiro atoms. The number of anilines is 1. The summed E-state index contributed by atoms with van der Waals surface area (Å²) in [7, 11) is 0. The Hall–Kier alpha value is -1.29. The predicted molar refractivity (Wildman–Crippen MR) is 59.6 cm³/mol. The Morgan fingerprint density at radius 3 is 2.87 bits per heavy atom. The van der Waals surface area contributed by atoms with Crippen LogP contribution < -0.4 is 11.3 Å². The van der Waals surface area contributed by atoms with E-state index in [9.17, 15) is 4.39 Å². The van der Waals surface area contributed by atoms with Crippen LogP contribution in [-0.2, 0) is 0 Å². The summed E-state index contributed by atoms with van der Waals surface area (Å²) in [6.45, 7) is 0. The van der Waals surface area contributed by atoms with Crippen molar-refractivity contribution in [2.75, 3.05) is 5.43 Å². The molecule has 0 saturated carbocycles. The summed E-state index contributed by atoms with van der Waals surface area (Å²) < 4.78 is 15.5. The molecule has 2 aromatic rings. The van der Waals surface area contributed by atoms with E-state index in [1.165, 1.54) is 4.68 Å². The summed E-state index contributed by atoms with van der Waals surface area (Å²) in [6, 6.07) is 0. The fourth-order valence-corrected chi connectivity index (χ4v) is 1.39. The van der Waals surface area contributed by atoms with Crippen LogP contribution >= 0.6 is 22.6 Å². The van der Waals surface area contributed by atoms with Crippen molar-refractivity contribution >= 4 is 28.5 Å². The van der Waals surface area contributed by atoms with Crippen molar-refractivity contribution in [2.24, 2.45) is 5.84 Å². The molecule has 0 aliphatic rings. The van der Waals surface area contributed by atoms with Crippen LogP contribution in [-0.4, -0.2) is 19.7 Å². The first-order chi connectivity index (χ1) is 7.20. The standard InChI is InChI=1S/C7H6FIN6/c8-5-2-11-7(14-10)13-6(5)15-3-4(9)1-12-15/h1-3H,10H2,(H,11,13,14). The van der Waals surface area contributed by atoms with Crippen LogP contribution in [0.3, 0.4) is 0 Å². The largest absolute Gasteiger partial charge is 0.292 e. The van der Waals surface area contributed by atoms with Gasteiger partial charge in [0.25, 0.3) is 0 Å². The second-order valence-corrected chi connectivity index (χ2v) is 3.86. The molecule has 0 fully saturated rings. The van der Waals surface area contributed by atoms with Gasteiger partial charge in [-0.25, -0.2) is 19.9 Å². The average Bonchev–Trinajstić information content (AvgIpc) is 2.65. The minimum atomic E-state index is -0.562. The second kappa shape index (κ2) is 4.06. The van der Waals surface area contributed by atoms with Crippen LogP contribution in [0.4, 0.5) is 10.3 Å². The molecule has 0 aromatic carbocycles. The van der Waals surface area contributed by atoms with E-state index in [1.807, 2.05) is 0 Å². The third kappa shape index (κ3) is 2.04. The lowest BCUT2D eigenvalue weighted by Crippen LogP contribution is -2.13. The molecule has 0 radical (unpaired) electrons. The van der Waals surface area contributed by atoms with Gasteiger partial charge in [-0.1, -0.05) is 0 Å². The SMILES string of the molecule is NNc1ncc(F)c(-n2cc(I)cn2)n1.